The van der Waals surface area contributed by atoms with Crippen LogP contribution in [-0.4, -0.2) is 25.2 Å². The maximum atomic E-state index is 13.9. The Balaban J connectivity index is 1.98. The molecule has 18 heteroatoms. The van der Waals surface area contributed by atoms with E-state index < -0.39 is 94.2 Å². The van der Waals surface area contributed by atoms with Crippen LogP contribution in [0.25, 0.3) is 20.9 Å². The van der Waals surface area contributed by atoms with E-state index in [1.54, 1.807) is 0 Å². The van der Waals surface area contributed by atoms with Crippen molar-refractivity contribution < 1.29 is 54.2 Å². The average Bonchev–Trinajstić information content (AvgIpc) is 2.84. The van der Waals surface area contributed by atoms with Crippen LogP contribution < -0.4 is 0 Å². The molecule has 0 unspecified atom stereocenters. The first-order chi connectivity index (χ1) is 17.0. The van der Waals surface area contributed by atoms with Gasteiger partial charge in [-0.1, -0.05) is 10.2 Å². The quantitative estimate of drug-likeness (QED) is 0.0702. The molecule has 0 aromatic heterocycles. The maximum absolute atomic E-state index is 13.9. The standard InChI is InChI=1S/C18H8F8N6O4/c19-7-5(8(20)12(24)15(11(7)23)29-31-27)17(33)35-3-1-2-4-36-18(34)6-9(21)13(25)16(30-32-28)14(26)10(6)22/h1-4H2. The third kappa shape index (κ3) is 5.39. The summed E-state index contributed by atoms with van der Waals surface area (Å²) in [5, 5.41) is 4.88. The molecule has 2 aromatic carbocycles. The van der Waals surface area contributed by atoms with Crippen molar-refractivity contribution in [1.29, 1.82) is 0 Å². The van der Waals surface area contributed by atoms with Crippen LogP contribution >= 0.6 is 0 Å². The van der Waals surface area contributed by atoms with Crippen LogP contribution in [-0.2, 0) is 9.47 Å². The lowest BCUT2D eigenvalue weighted by molar-refractivity contribution is 0.0418. The summed E-state index contributed by atoms with van der Waals surface area (Å²) in [6.45, 7) is -1.33. The smallest absolute Gasteiger partial charge is 0.344 e. The molecular weight excluding hydrogens is 516 g/mol. The third-order valence-electron chi connectivity index (χ3n) is 4.18. The van der Waals surface area contributed by atoms with Gasteiger partial charge in [0.1, 0.15) is 22.5 Å². The van der Waals surface area contributed by atoms with Crippen molar-refractivity contribution in [2.24, 2.45) is 10.2 Å². The Kier molecular flexibility index (Phi) is 9.01. The van der Waals surface area contributed by atoms with Crippen LogP contribution in [0.5, 0.6) is 0 Å². The Morgan fingerprint density at radius 3 is 1.11 bits per heavy atom. The summed E-state index contributed by atoms with van der Waals surface area (Å²) in [6.07, 6.45) is -0.485. The number of carbonyl (C=O) groups excluding carboxylic acids is 2. The second-order valence-electron chi connectivity index (χ2n) is 6.32. The number of nitrogens with zero attached hydrogens (tertiary/aromatic N) is 6. The highest BCUT2D eigenvalue weighted by atomic mass is 19.2. The van der Waals surface area contributed by atoms with Crippen LogP contribution in [0.4, 0.5) is 46.5 Å². The largest absolute Gasteiger partial charge is 0.462 e. The molecule has 0 bridgehead atoms. The molecule has 0 aliphatic heterocycles. The third-order valence-corrected chi connectivity index (χ3v) is 4.18. The minimum absolute atomic E-state index is 0.243. The van der Waals surface area contributed by atoms with Crippen molar-refractivity contribution in [3.63, 3.8) is 0 Å². The highest BCUT2D eigenvalue weighted by Gasteiger charge is 2.31. The van der Waals surface area contributed by atoms with Crippen LogP contribution in [0.2, 0.25) is 0 Å². The van der Waals surface area contributed by atoms with Gasteiger partial charge in [-0.25, -0.2) is 44.7 Å². The number of esters is 2. The number of hydrogen-bond donors (Lipinski definition) is 0. The van der Waals surface area contributed by atoms with Crippen LogP contribution in [0, 0.1) is 46.5 Å². The number of halogens is 8. The van der Waals surface area contributed by atoms with E-state index in [0.29, 0.717) is 0 Å². The minimum Gasteiger partial charge on any atom is -0.462 e. The number of carbonyl (C=O) groups is 2. The predicted octanol–water partition coefficient (Wildman–Crippen LogP) is 6.48. The van der Waals surface area contributed by atoms with Gasteiger partial charge in [-0.3, -0.25) is 0 Å². The van der Waals surface area contributed by atoms with E-state index in [1.807, 2.05) is 9.82 Å². The molecule has 0 saturated carbocycles. The van der Waals surface area contributed by atoms with Gasteiger partial charge in [-0.15, -0.1) is 0 Å². The van der Waals surface area contributed by atoms with Crippen molar-refractivity contribution in [2.75, 3.05) is 13.2 Å². The number of azide groups is 2. The zero-order chi connectivity index (χ0) is 27.2. The Morgan fingerprint density at radius 1 is 0.583 bits per heavy atom. The topological polar surface area (TPSA) is 150 Å². The van der Waals surface area contributed by atoms with E-state index in [2.05, 4.69) is 19.7 Å². The normalized spacial score (nSPS) is 10.3. The van der Waals surface area contributed by atoms with Crippen molar-refractivity contribution in [2.45, 2.75) is 12.8 Å². The van der Waals surface area contributed by atoms with Gasteiger partial charge in [0, 0.05) is 9.82 Å². The fourth-order valence-corrected chi connectivity index (χ4v) is 2.54. The first-order valence-corrected chi connectivity index (χ1v) is 9.15. The summed E-state index contributed by atoms with van der Waals surface area (Å²) in [6, 6.07) is 0. The number of benzene rings is 2. The van der Waals surface area contributed by atoms with Crippen LogP contribution in [0.15, 0.2) is 10.2 Å². The molecule has 2 rings (SSSR count). The number of rotatable bonds is 9. The molecule has 0 aliphatic carbocycles. The summed E-state index contributed by atoms with van der Waals surface area (Å²) in [7, 11) is 0. The predicted molar refractivity (Wildman–Crippen MR) is 100.0 cm³/mol. The first kappa shape index (κ1) is 27.7. The molecule has 0 aliphatic rings. The van der Waals surface area contributed by atoms with Gasteiger partial charge in [0.05, 0.1) is 13.2 Å². The molecule has 0 atom stereocenters. The lowest BCUT2D eigenvalue weighted by Gasteiger charge is -2.10. The Hall–Kier alpha value is -4.56. The molecule has 0 fully saturated rings. The second kappa shape index (κ2) is 11.7. The number of hydrogen-bond acceptors (Lipinski definition) is 6. The first-order valence-electron chi connectivity index (χ1n) is 9.15. The number of ether oxygens (including phenoxy) is 2. The lowest BCUT2D eigenvalue weighted by atomic mass is 10.1. The fraction of sp³-hybridized carbons (Fsp3) is 0.222. The summed E-state index contributed by atoms with van der Waals surface area (Å²) in [5.41, 5.74) is 9.53. The molecule has 10 nitrogen and oxygen atoms in total. The fourth-order valence-electron chi connectivity index (χ4n) is 2.54. The molecule has 0 heterocycles. The van der Waals surface area contributed by atoms with Gasteiger partial charge in [0.2, 0.25) is 0 Å². The lowest BCUT2D eigenvalue weighted by Crippen LogP contribution is -2.16. The number of unbranched alkanes of at least 4 members (excludes halogenated alkanes) is 1. The molecule has 0 N–H and O–H groups in total. The van der Waals surface area contributed by atoms with E-state index in [9.17, 15) is 44.7 Å². The van der Waals surface area contributed by atoms with Crippen LogP contribution in [0.3, 0.4) is 0 Å². The Labute approximate surface area is 193 Å². The van der Waals surface area contributed by atoms with Crippen molar-refractivity contribution in [3.8, 4) is 0 Å². The van der Waals surface area contributed by atoms with E-state index in [0.717, 1.165) is 0 Å². The molecular formula is C18H8F8N6O4. The van der Waals surface area contributed by atoms with Crippen LogP contribution in [0.1, 0.15) is 33.6 Å². The highest BCUT2D eigenvalue weighted by Crippen LogP contribution is 2.32. The Morgan fingerprint density at radius 2 is 0.861 bits per heavy atom. The molecule has 190 valence electrons. The van der Waals surface area contributed by atoms with Gasteiger partial charge < -0.3 is 9.47 Å². The molecule has 36 heavy (non-hydrogen) atoms. The molecule has 2 aromatic rings. The minimum atomic E-state index is -2.19. The summed E-state index contributed by atoms with van der Waals surface area (Å²) >= 11 is 0. The molecule has 0 spiro atoms. The maximum Gasteiger partial charge on any atom is 0.344 e. The van der Waals surface area contributed by atoms with Gasteiger partial charge in [-0.05, 0) is 23.9 Å². The summed E-state index contributed by atoms with van der Waals surface area (Å²) in [4.78, 5) is 27.6. The SMILES string of the molecule is [N-]=[N+]=Nc1c(F)c(F)c(C(=O)OCCCCOC(=O)c2c(F)c(F)c(N=[N+]=[N-])c(F)c2F)c(F)c1F. The summed E-state index contributed by atoms with van der Waals surface area (Å²) < 4.78 is 119. The molecule has 0 radical (unpaired) electrons. The molecule has 0 saturated heterocycles. The van der Waals surface area contributed by atoms with Crippen molar-refractivity contribution in [1.82, 2.24) is 0 Å². The van der Waals surface area contributed by atoms with Gasteiger partial charge in [0.15, 0.2) is 46.5 Å². The van der Waals surface area contributed by atoms with E-state index >= 15 is 0 Å². The summed E-state index contributed by atoms with van der Waals surface area (Å²) in [5.74, 6) is -21.0. The van der Waals surface area contributed by atoms with E-state index in [1.165, 1.54) is 0 Å². The van der Waals surface area contributed by atoms with Crippen molar-refractivity contribution in [3.05, 3.63) is 78.6 Å². The molecule has 0 amide bonds. The van der Waals surface area contributed by atoms with Gasteiger partial charge in [-0.2, -0.15) is 0 Å². The van der Waals surface area contributed by atoms with E-state index in [4.69, 9.17) is 11.1 Å². The van der Waals surface area contributed by atoms with E-state index in [-0.39, 0.29) is 12.8 Å². The zero-order valence-electron chi connectivity index (χ0n) is 17.2. The van der Waals surface area contributed by atoms with Crippen molar-refractivity contribution >= 4 is 23.3 Å². The second-order valence-corrected chi connectivity index (χ2v) is 6.32. The van der Waals surface area contributed by atoms with Gasteiger partial charge >= 0.3 is 11.9 Å². The Bertz CT molecular complexity index is 1180. The highest BCUT2D eigenvalue weighted by molar-refractivity contribution is 5.91. The zero-order valence-corrected chi connectivity index (χ0v) is 17.2. The average molecular weight is 524 g/mol. The van der Waals surface area contributed by atoms with Gasteiger partial charge in [0.25, 0.3) is 0 Å². The monoisotopic (exact) mass is 524 g/mol.